The van der Waals surface area contributed by atoms with Crippen LogP contribution in [0, 0.1) is 6.92 Å². The Morgan fingerprint density at radius 1 is 0.905 bits per heavy atom. The summed E-state index contributed by atoms with van der Waals surface area (Å²) in [6, 6.07) is 21.2. The normalized spacial score (nSPS) is 12.5. The molecule has 0 heterocycles. The molecule has 0 N–H and O–H groups in total. The highest BCUT2D eigenvalue weighted by Crippen LogP contribution is 2.39. The van der Waals surface area contributed by atoms with E-state index >= 15 is 0 Å². The lowest BCUT2D eigenvalue weighted by Gasteiger charge is -2.18. The monoisotopic (exact) mass is 312 g/mol. The molecule has 106 valence electrons. The number of fused-ring (bicyclic) bond motifs is 1. The topological polar surface area (TPSA) is 0 Å². The molecule has 0 amide bonds. The van der Waals surface area contributed by atoms with Gasteiger partial charge in [0.15, 0.2) is 0 Å². The minimum absolute atomic E-state index is 0.125. The van der Waals surface area contributed by atoms with Gasteiger partial charge in [0.1, 0.15) is 0 Å². The SMILES string of the molecule is CSc1ccccc1C(Cl)c1c(C)ccc2ccccc12. The number of benzene rings is 3. The number of hydrogen-bond acceptors (Lipinski definition) is 1. The Kier molecular flexibility index (Phi) is 4.23. The van der Waals surface area contributed by atoms with Crippen LogP contribution in [0.15, 0.2) is 65.6 Å². The average Bonchev–Trinajstić information content (AvgIpc) is 2.54. The molecule has 0 saturated heterocycles. The molecule has 0 aromatic heterocycles. The molecule has 0 fully saturated rings. The molecule has 3 rings (SSSR count). The van der Waals surface area contributed by atoms with Gasteiger partial charge in [-0.3, -0.25) is 0 Å². The lowest BCUT2D eigenvalue weighted by molar-refractivity contribution is 1.08. The first-order chi connectivity index (χ1) is 10.2. The molecule has 1 unspecified atom stereocenters. The maximum Gasteiger partial charge on any atom is 0.0854 e. The van der Waals surface area contributed by atoms with E-state index in [0.29, 0.717) is 0 Å². The van der Waals surface area contributed by atoms with Crippen molar-refractivity contribution in [3.05, 3.63) is 77.4 Å². The zero-order valence-corrected chi connectivity index (χ0v) is 13.7. The summed E-state index contributed by atoms with van der Waals surface area (Å²) in [6.07, 6.45) is 2.10. The molecule has 0 saturated carbocycles. The quantitative estimate of drug-likeness (QED) is 0.410. The minimum atomic E-state index is -0.125. The second-order valence-corrected chi connectivity index (χ2v) is 6.41. The van der Waals surface area contributed by atoms with E-state index in [1.54, 1.807) is 11.8 Å². The standard InChI is InChI=1S/C19H17ClS/c1-13-11-12-14-7-3-4-8-15(14)18(13)19(20)16-9-5-6-10-17(16)21-2/h3-12,19H,1-2H3. The highest BCUT2D eigenvalue weighted by molar-refractivity contribution is 7.98. The van der Waals surface area contributed by atoms with Crippen molar-refractivity contribution in [2.45, 2.75) is 17.2 Å². The van der Waals surface area contributed by atoms with E-state index in [1.165, 1.54) is 32.4 Å². The van der Waals surface area contributed by atoms with Crippen molar-refractivity contribution in [2.24, 2.45) is 0 Å². The van der Waals surface area contributed by atoms with Crippen LogP contribution in [0.3, 0.4) is 0 Å². The summed E-state index contributed by atoms with van der Waals surface area (Å²) in [7, 11) is 0. The number of rotatable bonds is 3. The molecule has 0 aliphatic rings. The van der Waals surface area contributed by atoms with Gasteiger partial charge in [-0.05, 0) is 46.7 Å². The van der Waals surface area contributed by atoms with Crippen molar-refractivity contribution in [3.8, 4) is 0 Å². The number of alkyl halides is 1. The predicted molar refractivity (Wildman–Crippen MR) is 94.6 cm³/mol. The first-order valence-corrected chi connectivity index (χ1v) is 8.63. The van der Waals surface area contributed by atoms with Gasteiger partial charge in [-0.25, -0.2) is 0 Å². The molecule has 2 heteroatoms. The molecule has 0 aliphatic heterocycles. The van der Waals surface area contributed by atoms with E-state index in [9.17, 15) is 0 Å². The third kappa shape index (κ3) is 2.68. The van der Waals surface area contributed by atoms with Crippen LogP contribution in [-0.2, 0) is 0 Å². The largest absolute Gasteiger partial charge is 0.129 e. The van der Waals surface area contributed by atoms with Crippen LogP contribution < -0.4 is 0 Å². The van der Waals surface area contributed by atoms with Crippen molar-refractivity contribution in [1.82, 2.24) is 0 Å². The molecular formula is C19H17ClS. The second kappa shape index (κ2) is 6.13. The third-order valence-electron chi connectivity index (χ3n) is 3.85. The summed E-state index contributed by atoms with van der Waals surface area (Å²) in [5.41, 5.74) is 3.65. The van der Waals surface area contributed by atoms with Gasteiger partial charge in [0.2, 0.25) is 0 Å². The Hall–Kier alpha value is -1.44. The van der Waals surface area contributed by atoms with Gasteiger partial charge in [-0.2, -0.15) is 0 Å². The fourth-order valence-electron chi connectivity index (χ4n) is 2.77. The van der Waals surface area contributed by atoms with Gasteiger partial charge < -0.3 is 0 Å². The van der Waals surface area contributed by atoms with Crippen LogP contribution in [0.25, 0.3) is 10.8 Å². The Morgan fingerprint density at radius 3 is 2.43 bits per heavy atom. The number of thioether (sulfide) groups is 1. The Morgan fingerprint density at radius 2 is 1.62 bits per heavy atom. The third-order valence-corrected chi connectivity index (χ3v) is 5.12. The first-order valence-electron chi connectivity index (χ1n) is 6.97. The van der Waals surface area contributed by atoms with Crippen molar-refractivity contribution in [3.63, 3.8) is 0 Å². The zero-order chi connectivity index (χ0) is 14.8. The van der Waals surface area contributed by atoms with Gasteiger partial charge in [0.05, 0.1) is 5.38 Å². The molecule has 0 spiro atoms. The van der Waals surface area contributed by atoms with Crippen LogP contribution in [0.5, 0.6) is 0 Å². The summed E-state index contributed by atoms with van der Waals surface area (Å²) in [6.45, 7) is 2.14. The molecule has 1 atom stereocenters. The number of aryl methyl sites for hydroxylation is 1. The van der Waals surface area contributed by atoms with Crippen molar-refractivity contribution in [1.29, 1.82) is 0 Å². The van der Waals surface area contributed by atoms with Crippen molar-refractivity contribution in [2.75, 3.05) is 6.26 Å². The van der Waals surface area contributed by atoms with Crippen LogP contribution in [-0.4, -0.2) is 6.26 Å². The van der Waals surface area contributed by atoms with E-state index in [0.717, 1.165) is 0 Å². The fraction of sp³-hybridized carbons (Fsp3) is 0.158. The summed E-state index contributed by atoms with van der Waals surface area (Å²) >= 11 is 8.63. The zero-order valence-electron chi connectivity index (χ0n) is 12.1. The van der Waals surface area contributed by atoms with E-state index in [4.69, 9.17) is 11.6 Å². The number of hydrogen-bond donors (Lipinski definition) is 0. The highest BCUT2D eigenvalue weighted by atomic mass is 35.5. The van der Waals surface area contributed by atoms with E-state index in [2.05, 4.69) is 73.8 Å². The van der Waals surface area contributed by atoms with Crippen LogP contribution in [0.2, 0.25) is 0 Å². The molecular weight excluding hydrogens is 296 g/mol. The van der Waals surface area contributed by atoms with Gasteiger partial charge in [-0.15, -0.1) is 23.4 Å². The Balaban J connectivity index is 2.22. The molecule has 3 aromatic carbocycles. The van der Waals surface area contributed by atoms with Gasteiger partial charge in [0.25, 0.3) is 0 Å². The molecule has 3 aromatic rings. The van der Waals surface area contributed by atoms with Gasteiger partial charge >= 0.3 is 0 Å². The minimum Gasteiger partial charge on any atom is -0.129 e. The fourth-order valence-corrected chi connectivity index (χ4v) is 3.95. The van der Waals surface area contributed by atoms with E-state index in [1.807, 2.05) is 0 Å². The lowest BCUT2D eigenvalue weighted by Crippen LogP contribution is -1.99. The predicted octanol–water partition coefficient (Wildman–Crippen LogP) is 6.20. The van der Waals surface area contributed by atoms with Crippen LogP contribution in [0.1, 0.15) is 22.1 Å². The molecule has 21 heavy (non-hydrogen) atoms. The first kappa shape index (κ1) is 14.5. The average molecular weight is 313 g/mol. The Labute approximate surface area is 135 Å². The second-order valence-electron chi connectivity index (χ2n) is 5.12. The molecule has 0 nitrogen and oxygen atoms in total. The highest BCUT2D eigenvalue weighted by Gasteiger charge is 2.18. The van der Waals surface area contributed by atoms with E-state index < -0.39 is 0 Å². The summed E-state index contributed by atoms with van der Waals surface area (Å²) in [4.78, 5) is 1.24. The van der Waals surface area contributed by atoms with Gasteiger partial charge in [-0.1, -0.05) is 54.6 Å². The van der Waals surface area contributed by atoms with Crippen LogP contribution in [0.4, 0.5) is 0 Å². The number of halogens is 1. The molecule has 0 radical (unpaired) electrons. The summed E-state index contributed by atoms with van der Waals surface area (Å²) < 4.78 is 0. The lowest BCUT2D eigenvalue weighted by atomic mass is 9.94. The smallest absolute Gasteiger partial charge is 0.0854 e. The van der Waals surface area contributed by atoms with Crippen LogP contribution >= 0.6 is 23.4 Å². The van der Waals surface area contributed by atoms with Gasteiger partial charge in [0, 0.05) is 4.90 Å². The van der Waals surface area contributed by atoms with Crippen molar-refractivity contribution < 1.29 is 0 Å². The maximum absolute atomic E-state index is 6.89. The molecule has 0 bridgehead atoms. The Bertz CT molecular complexity index is 779. The summed E-state index contributed by atoms with van der Waals surface area (Å²) in [5, 5.41) is 2.36. The summed E-state index contributed by atoms with van der Waals surface area (Å²) in [5.74, 6) is 0. The maximum atomic E-state index is 6.89. The van der Waals surface area contributed by atoms with E-state index in [-0.39, 0.29) is 5.38 Å². The molecule has 0 aliphatic carbocycles. The van der Waals surface area contributed by atoms with Crippen molar-refractivity contribution >= 4 is 34.1 Å².